The third kappa shape index (κ3) is 6.63. The van der Waals surface area contributed by atoms with Crippen LogP contribution in [-0.4, -0.2) is 47.6 Å². The predicted octanol–water partition coefficient (Wildman–Crippen LogP) is 3.53. The van der Waals surface area contributed by atoms with E-state index < -0.39 is 27.4 Å². The molecule has 4 aromatic rings. The first-order chi connectivity index (χ1) is 18.6. The van der Waals surface area contributed by atoms with Crippen LogP contribution in [0.1, 0.15) is 37.8 Å². The first-order valence-corrected chi connectivity index (χ1v) is 13.3. The van der Waals surface area contributed by atoms with Gasteiger partial charge >= 0.3 is 5.97 Å². The minimum absolute atomic E-state index is 0.0184. The first-order valence-electron chi connectivity index (χ1n) is 11.6. The minimum atomic E-state index is -3.59. The third-order valence-corrected chi connectivity index (χ3v) is 7.49. The lowest BCUT2D eigenvalue weighted by molar-refractivity contribution is -0.134. The summed E-state index contributed by atoms with van der Waals surface area (Å²) in [4.78, 5) is 41.4. The van der Waals surface area contributed by atoms with E-state index in [-0.39, 0.29) is 22.1 Å². The van der Waals surface area contributed by atoms with Gasteiger partial charge in [-0.05, 0) is 61.4 Å². The zero-order valence-corrected chi connectivity index (χ0v) is 21.8. The van der Waals surface area contributed by atoms with Gasteiger partial charge in [-0.2, -0.15) is 9.46 Å². The number of aliphatic carboxylic acids is 1. The summed E-state index contributed by atoms with van der Waals surface area (Å²) in [5.74, 6) is 2.33. The Morgan fingerprint density at radius 1 is 1.03 bits per heavy atom. The van der Waals surface area contributed by atoms with Crippen molar-refractivity contribution in [1.82, 2.24) is 14.8 Å². The Kier molecular flexibility index (Phi) is 7.98. The Hall–Kier alpha value is -5.08. The van der Waals surface area contributed by atoms with Gasteiger partial charge in [-0.15, -0.1) is 0 Å². The quantitative estimate of drug-likeness (QED) is 0.356. The second kappa shape index (κ2) is 11.5. The smallest absolute Gasteiger partial charge is 0.317 e. The molecule has 0 aliphatic heterocycles. The van der Waals surface area contributed by atoms with Crippen LogP contribution in [-0.2, 0) is 21.6 Å². The van der Waals surface area contributed by atoms with Crippen molar-refractivity contribution in [2.45, 2.75) is 11.8 Å². The summed E-state index contributed by atoms with van der Waals surface area (Å²) in [6, 6.07) is 19.2. The molecule has 39 heavy (non-hydrogen) atoms. The van der Waals surface area contributed by atoms with Gasteiger partial charge in [0.1, 0.15) is 17.1 Å². The monoisotopic (exact) mass is 541 g/mol. The van der Waals surface area contributed by atoms with Gasteiger partial charge in [0, 0.05) is 29.4 Å². The number of nitrogens with zero attached hydrogens (tertiary/aromatic N) is 4. The number of hydrogen-bond donors (Lipinski definition) is 2. The minimum Gasteiger partial charge on any atom is -0.481 e. The molecule has 0 aliphatic carbocycles. The molecular formula is C28H23N5O5S. The van der Waals surface area contributed by atoms with Crippen molar-refractivity contribution in [3.05, 3.63) is 107 Å². The fraction of sp³-hybridized carbons (Fsp3) is 0.107. The Morgan fingerprint density at radius 2 is 1.79 bits per heavy atom. The topological polar surface area (TPSA) is 144 Å². The molecule has 2 amide bonds. The second-order valence-corrected chi connectivity index (χ2v) is 10.6. The van der Waals surface area contributed by atoms with Crippen molar-refractivity contribution >= 4 is 33.2 Å². The average molecular weight is 542 g/mol. The molecule has 2 aromatic carbocycles. The number of carboxylic acids is 1. The molecule has 0 spiro atoms. The number of carbonyl (C=O) groups excluding carboxylic acids is 2. The average Bonchev–Trinajstić information content (AvgIpc) is 3.25. The van der Waals surface area contributed by atoms with E-state index in [1.165, 1.54) is 35.1 Å². The van der Waals surface area contributed by atoms with Gasteiger partial charge in [-0.25, -0.2) is 9.19 Å². The summed E-state index contributed by atoms with van der Waals surface area (Å²) in [5, 5.41) is 16.3. The fourth-order valence-electron chi connectivity index (χ4n) is 3.65. The number of amides is 2. The molecule has 0 bridgehead atoms. The first kappa shape index (κ1) is 27.0. The van der Waals surface area contributed by atoms with Gasteiger partial charge in [0.25, 0.3) is 11.8 Å². The van der Waals surface area contributed by atoms with Crippen molar-refractivity contribution in [2.75, 3.05) is 11.1 Å². The Morgan fingerprint density at radius 3 is 2.49 bits per heavy atom. The molecule has 0 saturated carbocycles. The standard InChI is InChI=1S/C28H23N5O5S/c1-19-16-25(33(2)31-19)28(37)30-21-9-6-8-20(17-21)13-14-24-23(12-7-15-29-24)27(36)32-39(38,18-26(34)35)22-10-4-3-5-11-22/h3-12,15-17H,18H2,1-2H3,(H,30,37)(H,34,35)/t39-/m0/s1. The highest BCUT2D eigenvalue weighted by Crippen LogP contribution is 2.17. The predicted molar refractivity (Wildman–Crippen MR) is 145 cm³/mol. The molecule has 2 heterocycles. The summed E-state index contributed by atoms with van der Waals surface area (Å²) in [7, 11) is -1.90. The summed E-state index contributed by atoms with van der Waals surface area (Å²) in [6.07, 6.45) is 1.44. The van der Waals surface area contributed by atoms with Crippen molar-refractivity contribution in [3.63, 3.8) is 0 Å². The lowest BCUT2D eigenvalue weighted by atomic mass is 10.1. The molecule has 0 saturated heterocycles. The molecular weight excluding hydrogens is 518 g/mol. The number of hydrogen-bond acceptors (Lipinski definition) is 6. The van der Waals surface area contributed by atoms with Crippen LogP contribution < -0.4 is 5.32 Å². The molecule has 0 unspecified atom stereocenters. The third-order valence-electron chi connectivity index (χ3n) is 5.38. The number of aromatic nitrogens is 3. The van der Waals surface area contributed by atoms with Crippen LogP contribution in [0.4, 0.5) is 5.69 Å². The van der Waals surface area contributed by atoms with Crippen LogP contribution >= 0.6 is 0 Å². The van der Waals surface area contributed by atoms with Gasteiger partial charge in [0.15, 0.2) is 0 Å². The summed E-state index contributed by atoms with van der Waals surface area (Å²) in [6.45, 7) is 1.79. The molecule has 196 valence electrons. The van der Waals surface area contributed by atoms with Crippen molar-refractivity contribution in [1.29, 1.82) is 0 Å². The second-order valence-electron chi connectivity index (χ2n) is 8.37. The largest absolute Gasteiger partial charge is 0.481 e. The van der Waals surface area contributed by atoms with Crippen molar-refractivity contribution in [2.24, 2.45) is 11.4 Å². The lowest BCUT2D eigenvalue weighted by Crippen LogP contribution is -2.17. The van der Waals surface area contributed by atoms with E-state index >= 15 is 0 Å². The molecule has 10 nitrogen and oxygen atoms in total. The number of anilines is 1. The molecule has 1 atom stereocenters. The zero-order chi connectivity index (χ0) is 28.0. The zero-order valence-electron chi connectivity index (χ0n) is 21.0. The van der Waals surface area contributed by atoms with E-state index in [9.17, 15) is 23.7 Å². The van der Waals surface area contributed by atoms with Crippen LogP contribution in [0.15, 0.2) is 88.3 Å². The molecule has 2 aromatic heterocycles. The molecule has 11 heteroatoms. The Bertz CT molecular complexity index is 1760. The molecule has 0 radical (unpaired) electrons. The highest BCUT2D eigenvalue weighted by molar-refractivity contribution is 7.94. The lowest BCUT2D eigenvalue weighted by Gasteiger charge is -2.08. The van der Waals surface area contributed by atoms with Crippen molar-refractivity contribution in [3.8, 4) is 11.8 Å². The van der Waals surface area contributed by atoms with E-state index in [2.05, 4.69) is 31.6 Å². The number of aryl methyl sites for hydroxylation is 2. The number of carboxylic acid groups (broad SMARTS) is 1. The van der Waals surface area contributed by atoms with Gasteiger partial charge in [0.05, 0.1) is 21.0 Å². The number of rotatable bonds is 6. The molecule has 0 fully saturated rings. The Balaban J connectivity index is 1.63. The normalized spacial score (nSPS) is 11.9. The maximum Gasteiger partial charge on any atom is 0.317 e. The highest BCUT2D eigenvalue weighted by atomic mass is 32.2. The number of pyridine rings is 1. The van der Waals surface area contributed by atoms with Gasteiger partial charge in [-0.3, -0.25) is 19.1 Å². The highest BCUT2D eigenvalue weighted by Gasteiger charge is 2.21. The fourth-order valence-corrected chi connectivity index (χ4v) is 5.27. The van der Waals surface area contributed by atoms with Crippen LogP contribution in [0.2, 0.25) is 0 Å². The number of nitrogens with one attached hydrogen (secondary N) is 1. The maximum absolute atomic E-state index is 13.5. The Labute approximate surface area is 224 Å². The van der Waals surface area contributed by atoms with E-state index in [0.717, 1.165) is 5.69 Å². The summed E-state index contributed by atoms with van der Waals surface area (Å²) in [5.41, 5.74) is 2.23. The molecule has 4 rings (SSSR count). The van der Waals surface area contributed by atoms with Gasteiger partial charge in [0.2, 0.25) is 0 Å². The summed E-state index contributed by atoms with van der Waals surface area (Å²) < 4.78 is 18.8. The van der Waals surface area contributed by atoms with E-state index in [0.29, 0.717) is 16.9 Å². The van der Waals surface area contributed by atoms with Crippen LogP contribution in [0.3, 0.4) is 0 Å². The van der Waals surface area contributed by atoms with E-state index in [4.69, 9.17) is 0 Å². The van der Waals surface area contributed by atoms with Crippen LogP contribution in [0, 0.1) is 18.8 Å². The van der Waals surface area contributed by atoms with Crippen LogP contribution in [0.25, 0.3) is 0 Å². The maximum atomic E-state index is 13.5. The van der Waals surface area contributed by atoms with Gasteiger partial charge in [-0.1, -0.05) is 30.2 Å². The van der Waals surface area contributed by atoms with Crippen LogP contribution in [0.5, 0.6) is 0 Å². The SMILES string of the molecule is Cc1cc(C(=O)Nc2cccc(C#Cc3ncccc3C(=O)N=[S@](=O)(CC(=O)O)c3ccccc3)c2)n(C)n1. The van der Waals surface area contributed by atoms with Gasteiger partial charge < -0.3 is 10.4 Å². The molecule has 0 aliphatic rings. The van der Waals surface area contributed by atoms with Crippen molar-refractivity contribution < 1.29 is 23.7 Å². The molecule has 2 N–H and O–H groups in total. The van der Waals surface area contributed by atoms with E-state index in [1.54, 1.807) is 62.5 Å². The van der Waals surface area contributed by atoms with E-state index in [1.807, 2.05) is 0 Å². The number of benzene rings is 2. The summed E-state index contributed by atoms with van der Waals surface area (Å²) >= 11 is 0. The number of carbonyl (C=O) groups is 3.